The Labute approximate surface area is 74.9 Å². The molecule has 0 rings (SSSR count). The standard InChI is InChI=1S/C5H10ClN3O3/c1-4(3-8-9-7)11-12-5(6)10-2/h4-5H,3H2,1-2H3. The third-order valence-corrected chi connectivity index (χ3v) is 1.13. The maximum absolute atomic E-state index is 7.95. The van der Waals surface area contributed by atoms with Crippen molar-refractivity contribution in [3.63, 3.8) is 0 Å². The molecule has 2 atom stereocenters. The summed E-state index contributed by atoms with van der Waals surface area (Å²) in [6.45, 7) is 1.86. The maximum atomic E-state index is 7.95. The van der Waals surface area contributed by atoms with Crippen LogP contribution in [0.4, 0.5) is 0 Å². The van der Waals surface area contributed by atoms with Gasteiger partial charge in [0.1, 0.15) is 0 Å². The molecule has 7 heteroatoms. The van der Waals surface area contributed by atoms with Gasteiger partial charge < -0.3 is 4.74 Å². The summed E-state index contributed by atoms with van der Waals surface area (Å²) in [7, 11) is 1.37. The maximum Gasteiger partial charge on any atom is 0.268 e. The minimum Gasteiger partial charge on any atom is -0.341 e. The third kappa shape index (κ3) is 6.21. The summed E-state index contributed by atoms with van der Waals surface area (Å²) in [5.74, 6) is -0.946. The largest absolute Gasteiger partial charge is 0.341 e. The molecule has 12 heavy (non-hydrogen) atoms. The summed E-state index contributed by atoms with van der Waals surface area (Å²) in [4.78, 5) is 11.7. The van der Waals surface area contributed by atoms with Gasteiger partial charge in [-0.15, -0.1) is 0 Å². The molecule has 0 aliphatic carbocycles. The molecule has 0 spiro atoms. The van der Waals surface area contributed by atoms with E-state index >= 15 is 0 Å². The van der Waals surface area contributed by atoms with Crippen molar-refractivity contribution in [2.45, 2.75) is 18.8 Å². The topological polar surface area (TPSA) is 76.5 Å². The van der Waals surface area contributed by atoms with Gasteiger partial charge in [-0.3, -0.25) is 0 Å². The average Bonchev–Trinajstić information content (AvgIpc) is 2.10. The first kappa shape index (κ1) is 11.5. The van der Waals surface area contributed by atoms with E-state index in [1.807, 2.05) is 0 Å². The van der Waals surface area contributed by atoms with Gasteiger partial charge >= 0.3 is 0 Å². The third-order valence-electron chi connectivity index (χ3n) is 0.883. The lowest BCUT2D eigenvalue weighted by molar-refractivity contribution is -0.368. The van der Waals surface area contributed by atoms with Crippen LogP contribution >= 0.6 is 11.6 Å². The Kier molecular flexibility index (Phi) is 6.84. The molecule has 0 saturated heterocycles. The second-order valence-corrected chi connectivity index (χ2v) is 2.28. The molecule has 0 amide bonds. The first-order chi connectivity index (χ1) is 5.70. The molecule has 0 bridgehead atoms. The molecule has 0 N–H and O–H groups in total. The molecule has 0 fully saturated rings. The highest BCUT2D eigenvalue weighted by Gasteiger charge is 2.06. The van der Waals surface area contributed by atoms with E-state index < -0.39 is 5.75 Å². The minimum atomic E-state index is -0.946. The molecule has 0 radical (unpaired) electrons. The van der Waals surface area contributed by atoms with Gasteiger partial charge in [-0.05, 0) is 12.5 Å². The number of hydrogen-bond donors (Lipinski definition) is 0. The summed E-state index contributed by atoms with van der Waals surface area (Å²) in [6, 6.07) is 0. The van der Waals surface area contributed by atoms with E-state index in [2.05, 4.69) is 24.5 Å². The quantitative estimate of drug-likeness (QED) is 0.123. The van der Waals surface area contributed by atoms with E-state index in [1.54, 1.807) is 6.92 Å². The number of azide groups is 1. The molecule has 0 saturated carbocycles. The van der Waals surface area contributed by atoms with Crippen molar-refractivity contribution in [1.29, 1.82) is 0 Å². The van der Waals surface area contributed by atoms with E-state index in [9.17, 15) is 0 Å². The highest BCUT2D eigenvalue weighted by atomic mass is 35.5. The second-order valence-electron chi connectivity index (χ2n) is 1.93. The normalized spacial score (nSPS) is 14.9. The van der Waals surface area contributed by atoms with Crippen molar-refractivity contribution in [3.8, 4) is 0 Å². The van der Waals surface area contributed by atoms with Crippen LogP contribution in [0.25, 0.3) is 10.4 Å². The molecular formula is C5H10ClN3O3. The number of hydrogen-bond acceptors (Lipinski definition) is 4. The van der Waals surface area contributed by atoms with Crippen LogP contribution < -0.4 is 0 Å². The summed E-state index contributed by atoms with van der Waals surface area (Å²) >= 11 is 5.37. The van der Waals surface area contributed by atoms with Crippen LogP contribution in [0.1, 0.15) is 6.92 Å². The van der Waals surface area contributed by atoms with Crippen LogP contribution in [0.5, 0.6) is 0 Å². The summed E-state index contributed by atoms with van der Waals surface area (Å²) < 4.78 is 4.52. The van der Waals surface area contributed by atoms with Crippen molar-refractivity contribution >= 4 is 11.6 Å². The van der Waals surface area contributed by atoms with Crippen LogP contribution in [0, 0.1) is 0 Å². The molecule has 0 aliphatic rings. The smallest absolute Gasteiger partial charge is 0.268 e. The number of rotatable bonds is 6. The zero-order valence-corrected chi connectivity index (χ0v) is 7.56. The number of ether oxygens (including phenoxy) is 1. The highest BCUT2D eigenvalue weighted by Crippen LogP contribution is 2.02. The minimum absolute atomic E-state index is 0.184. The summed E-state index contributed by atoms with van der Waals surface area (Å²) in [6.07, 6.45) is -0.350. The van der Waals surface area contributed by atoms with E-state index in [0.717, 1.165) is 0 Å². The molecule has 0 heterocycles. The van der Waals surface area contributed by atoms with Gasteiger partial charge in [0.25, 0.3) is 5.75 Å². The first-order valence-corrected chi connectivity index (χ1v) is 3.64. The lowest BCUT2D eigenvalue weighted by Crippen LogP contribution is -2.16. The Morgan fingerprint density at radius 1 is 1.58 bits per heavy atom. The Morgan fingerprint density at radius 3 is 2.75 bits per heavy atom. The number of alkyl halides is 1. The Hall–Kier alpha value is -0.520. The van der Waals surface area contributed by atoms with E-state index in [-0.39, 0.29) is 12.6 Å². The molecular weight excluding hydrogens is 186 g/mol. The molecule has 0 aliphatic heterocycles. The SMILES string of the molecule is COC(Cl)OOC(C)CN=[N+]=[N-]. The first-order valence-electron chi connectivity index (χ1n) is 3.20. The fourth-order valence-electron chi connectivity index (χ4n) is 0.360. The predicted molar refractivity (Wildman–Crippen MR) is 42.3 cm³/mol. The van der Waals surface area contributed by atoms with Crippen LogP contribution in [0.2, 0.25) is 0 Å². The van der Waals surface area contributed by atoms with Crippen molar-refractivity contribution in [1.82, 2.24) is 0 Å². The van der Waals surface area contributed by atoms with Gasteiger partial charge in [0, 0.05) is 12.0 Å². The van der Waals surface area contributed by atoms with E-state index in [1.165, 1.54) is 7.11 Å². The van der Waals surface area contributed by atoms with Crippen molar-refractivity contribution in [3.05, 3.63) is 10.4 Å². The number of nitrogens with zero attached hydrogens (tertiary/aromatic N) is 3. The van der Waals surface area contributed by atoms with Gasteiger partial charge in [0.2, 0.25) is 0 Å². The fraction of sp³-hybridized carbons (Fsp3) is 1.00. The Balaban J connectivity index is 3.42. The lowest BCUT2D eigenvalue weighted by Gasteiger charge is -2.11. The van der Waals surface area contributed by atoms with Crippen LogP contribution in [-0.2, 0) is 14.5 Å². The van der Waals surface area contributed by atoms with Crippen molar-refractivity contribution < 1.29 is 14.5 Å². The molecule has 6 nitrogen and oxygen atoms in total. The fourth-order valence-corrected chi connectivity index (χ4v) is 0.402. The predicted octanol–water partition coefficient (Wildman–Crippen LogP) is 1.80. The summed E-state index contributed by atoms with van der Waals surface area (Å²) in [5.41, 5.74) is 7.95. The van der Waals surface area contributed by atoms with Crippen LogP contribution in [-0.4, -0.2) is 25.5 Å². The molecule has 2 unspecified atom stereocenters. The molecule has 0 aromatic heterocycles. The van der Waals surface area contributed by atoms with Gasteiger partial charge in [-0.1, -0.05) is 16.7 Å². The Morgan fingerprint density at radius 2 is 2.25 bits per heavy atom. The highest BCUT2D eigenvalue weighted by molar-refractivity contribution is 6.18. The summed E-state index contributed by atoms with van der Waals surface area (Å²) in [5, 5.41) is 3.27. The Bertz CT molecular complexity index is 162. The van der Waals surface area contributed by atoms with Gasteiger partial charge in [0.05, 0.1) is 12.6 Å². The van der Waals surface area contributed by atoms with Crippen molar-refractivity contribution in [2.24, 2.45) is 5.11 Å². The number of methoxy groups -OCH3 is 1. The monoisotopic (exact) mass is 195 g/mol. The average molecular weight is 196 g/mol. The van der Waals surface area contributed by atoms with Crippen LogP contribution in [0.3, 0.4) is 0 Å². The molecule has 0 aromatic rings. The zero-order chi connectivity index (χ0) is 9.40. The van der Waals surface area contributed by atoms with Gasteiger partial charge in [-0.2, -0.15) is 4.89 Å². The van der Waals surface area contributed by atoms with E-state index in [4.69, 9.17) is 17.1 Å². The van der Waals surface area contributed by atoms with Crippen molar-refractivity contribution in [2.75, 3.05) is 13.7 Å². The van der Waals surface area contributed by atoms with Gasteiger partial charge in [0.15, 0.2) is 0 Å². The zero-order valence-electron chi connectivity index (χ0n) is 6.81. The van der Waals surface area contributed by atoms with Gasteiger partial charge in [-0.25, -0.2) is 4.89 Å². The number of halogens is 1. The van der Waals surface area contributed by atoms with Crippen LogP contribution in [0.15, 0.2) is 5.11 Å². The van der Waals surface area contributed by atoms with E-state index in [0.29, 0.717) is 0 Å². The second kappa shape index (κ2) is 7.15. The molecule has 70 valence electrons. The lowest BCUT2D eigenvalue weighted by atomic mass is 10.4. The molecule has 0 aromatic carbocycles.